The normalized spacial score (nSPS) is 15.6. The molecule has 7 heteroatoms. The third kappa shape index (κ3) is 4.66. The Morgan fingerprint density at radius 1 is 1.15 bits per heavy atom. The molecule has 1 saturated carbocycles. The van der Waals surface area contributed by atoms with E-state index < -0.39 is 11.1 Å². The summed E-state index contributed by atoms with van der Waals surface area (Å²) in [6.07, 6.45) is 7.64. The van der Waals surface area contributed by atoms with E-state index >= 15 is 0 Å². The highest BCUT2D eigenvalue weighted by Crippen LogP contribution is 2.17. The zero-order valence-electron chi connectivity index (χ0n) is 15.8. The maximum absolute atomic E-state index is 12.4. The van der Waals surface area contributed by atoms with E-state index in [-0.39, 0.29) is 5.91 Å². The molecule has 1 aliphatic carbocycles. The number of carbonyl (C=O) groups is 1. The number of carbonyl (C=O) groups excluding carboxylic acids is 1. The SMILES string of the molecule is CCn1c(=O)c(=O)[nH]c2cc(C(=O)NCCNC3CCCCCC3)ccc21. The number of nitrogens with zero attached hydrogens (tertiary/aromatic N) is 1. The monoisotopic (exact) mass is 372 g/mol. The van der Waals surface area contributed by atoms with E-state index in [4.69, 9.17) is 0 Å². The maximum atomic E-state index is 12.4. The molecule has 0 spiro atoms. The van der Waals surface area contributed by atoms with Gasteiger partial charge in [-0.1, -0.05) is 25.7 Å². The van der Waals surface area contributed by atoms with E-state index in [0.717, 1.165) is 6.54 Å². The van der Waals surface area contributed by atoms with Gasteiger partial charge in [0.15, 0.2) is 0 Å². The Morgan fingerprint density at radius 3 is 2.59 bits per heavy atom. The van der Waals surface area contributed by atoms with Crippen LogP contribution >= 0.6 is 0 Å². The van der Waals surface area contributed by atoms with Gasteiger partial charge in [-0.3, -0.25) is 14.4 Å². The van der Waals surface area contributed by atoms with Crippen LogP contribution in [0.3, 0.4) is 0 Å². The van der Waals surface area contributed by atoms with Crippen LogP contribution in [0.2, 0.25) is 0 Å². The summed E-state index contributed by atoms with van der Waals surface area (Å²) in [5.74, 6) is -0.185. The minimum absolute atomic E-state index is 0.185. The van der Waals surface area contributed by atoms with Gasteiger partial charge in [-0.15, -0.1) is 0 Å². The van der Waals surface area contributed by atoms with E-state index in [1.54, 1.807) is 18.2 Å². The fourth-order valence-corrected chi connectivity index (χ4v) is 3.77. The minimum atomic E-state index is -0.672. The van der Waals surface area contributed by atoms with Crippen LogP contribution in [0.25, 0.3) is 11.0 Å². The molecule has 1 aliphatic rings. The average molecular weight is 372 g/mol. The predicted octanol–water partition coefficient (Wildman–Crippen LogP) is 1.75. The van der Waals surface area contributed by atoms with Gasteiger partial charge in [-0.25, -0.2) is 0 Å². The highest BCUT2D eigenvalue weighted by Gasteiger charge is 2.12. The summed E-state index contributed by atoms with van der Waals surface area (Å²) in [7, 11) is 0. The molecular formula is C20H28N4O3. The Kier molecular flexibility index (Phi) is 6.45. The number of hydrogen-bond donors (Lipinski definition) is 3. The number of rotatable bonds is 6. The topological polar surface area (TPSA) is 96.0 Å². The second kappa shape index (κ2) is 8.99. The number of nitrogens with one attached hydrogen (secondary N) is 3. The van der Waals surface area contributed by atoms with Gasteiger partial charge in [0.05, 0.1) is 11.0 Å². The van der Waals surface area contributed by atoms with Crippen LogP contribution < -0.4 is 21.8 Å². The molecule has 0 aliphatic heterocycles. The van der Waals surface area contributed by atoms with Crippen molar-refractivity contribution in [2.24, 2.45) is 0 Å². The summed E-state index contributed by atoms with van der Waals surface area (Å²) in [6.45, 7) is 3.51. The van der Waals surface area contributed by atoms with Crippen molar-refractivity contribution in [1.82, 2.24) is 20.2 Å². The highest BCUT2D eigenvalue weighted by atomic mass is 16.2. The lowest BCUT2D eigenvalue weighted by molar-refractivity contribution is 0.0953. The van der Waals surface area contributed by atoms with Crippen LogP contribution in [0, 0.1) is 0 Å². The van der Waals surface area contributed by atoms with Crippen molar-refractivity contribution < 1.29 is 4.79 Å². The van der Waals surface area contributed by atoms with E-state index in [1.165, 1.54) is 43.1 Å². The van der Waals surface area contributed by atoms with Crippen molar-refractivity contribution in [3.05, 3.63) is 44.5 Å². The number of amides is 1. The number of benzene rings is 1. The lowest BCUT2D eigenvalue weighted by Crippen LogP contribution is -2.37. The predicted molar refractivity (Wildman–Crippen MR) is 106 cm³/mol. The molecular weight excluding hydrogens is 344 g/mol. The molecule has 1 amide bonds. The third-order valence-corrected chi connectivity index (χ3v) is 5.25. The zero-order valence-corrected chi connectivity index (χ0v) is 15.8. The summed E-state index contributed by atoms with van der Waals surface area (Å²) in [5.41, 5.74) is 0.328. The van der Waals surface area contributed by atoms with Gasteiger partial charge in [0.2, 0.25) is 0 Å². The number of hydrogen-bond acceptors (Lipinski definition) is 4. The van der Waals surface area contributed by atoms with E-state index in [2.05, 4.69) is 15.6 Å². The molecule has 1 heterocycles. The second-order valence-electron chi connectivity index (χ2n) is 7.13. The van der Waals surface area contributed by atoms with Crippen molar-refractivity contribution in [3.63, 3.8) is 0 Å². The molecule has 2 aromatic rings. The molecule has 3 N–H and O–H groups in total. The molecule has 0 saturated heterocycles. The molecule has 1 aromatic heterocycles. The Morgan fingerprint density at radius 2 is 1.89 bits per heavy atom. The number of aromatic amines is 1. The van der Waals surface area contributed by atoms with Gasteiger partial charge in [-0.2, -0.15) is 0 Å². The summed E-state index contributed by atoms with van der Waals surface area (Å²) < 4.78 is 1.41. The first-order chi connectivity index (χ1) is 13.1. The van der Waals surface area contributed by atoms with Gasteiger partial charge >= 0.3 is 11.1 Å². The minimum Gasteiger partial charge on any atom is -0.351 e. The zero-order chi connectivity index (χ0) is 19.2. The average Bonchev–Trinajstić information content (AvgIpc) is 2.94. The molecule has 146 valence electrons. The molecule has 0 unspecified atom stereocenters. The Balaban J connectivity index is 1.61. The van der Waals surface area contributed by atoms with Crippen LogP contribution in [-0.2, 0) is 6.54 Å². The number of aromatic nitrogens is 2. The van der Waals surface area contributed by atoms with Gasteiger partial charge in [0.25, 0.3) is 5.91 Å². The molecule has 7 nitrogen and oxygen atoms in total. The first-order valence-electron chi connectivity index (χ1n) is 9.88. The largest absolute Gasteiger partial charge is 0.351 e. The molecule has 1 aromatic carbocycles. The molecule has 0 atom stereocenters. The van der Waals surface area contributed by atoms with Crippen molar-refractivity contribution in [1.29, 1.82) is 0 Å². The van der Waals surface area contributed by atoms with Crippen LogP contribution in [0.4, 0.5) is 0 Å². The van der Waals surface area contributed by atoms with E-state index in [0.29, 0.717) is 35.7 Å². The second-order valence-corrected chi connectivity index (χ2v) is 7.13. The highest BCUT2D eigenvalue weighted by molar-refractivity contribution is 5.97. The third-order valence-electron chi connectivity index (χ3n) is 5.25. The lowest BCUT2D eigenvalue weighted by Gasteiger charge is -2.16. The van der Waals surface area contributed by atoms with Crippen LogP contribution in [0.1, 0.15) is 55.8 Å². The quantitative estimate of drug-likeness (QED) is 0.409. The van der Waals surface area contributed by atoms with Crippen molar-refractivity contribution >= 4 is 16.9 Å². The molecule has 3 rings (SSSR count). The van der Waals surface area contributed by atoms with E-state index in [1.807, 2.05) is 6.92 Å². The molecule has 27 heavy (non-hydrogen) atoms. The molecule has 0 radical (unpaired) electrons. The fourth-order valence-electron chi connectivity index (χ4n) is 3.77. The fraction of sp³-hybridized carbons (Fsp3) is 0.550. The van der Waals surface area contributed by atoms with Gasteiger partial charge in [0.1, 0.15) is 0 Å². The number of H-pyrrole nitrogens is 1. The summed E-state index contributed by atoms with van der Waals surface area (Å²) in [4.78, 5) is 38.6. The van der Waals surface area contributed by atoms with Crippen molar-refractivity contribution in [2.75, 3.05) is 13.1 Å². The van der Waals surface area contributed by atoms with Crippen LogP contribution in [0.15, 0.2) is 27.8 Å². The summed E-state index contributed by atoms with van der Waals surface area (Å²) in [5, 5.41) is 6.44. The van der Waals surface area contributed by atoms with Crippen LogP contribution in [-0.4, -0.2) is 34.6 Å². The standard InChI is InChI=1S/C20H28N4O3/c1-2-24-17-10-9-14(13-16(17)23-19(26)20(24)27)18(25)22-12-11-21-15-7-5-3-4-6-8-15/h9-10,13,15,21H,2-8,11-12H2,1H3,(H,22,25)(H,23,26). The first-order valence-corrected chi connectivity index (χ1v) is 9.88. The lowest BCUT2D eigenvalue weighted by atomic mass is 10.1. The Labute approximate surface area is 158 Å². The van der Waals surface area contributed by atoms with Crippen molar-refractivity contribution in [2.45, 2.75) is 58.0 Å². The Hall–Kier alpha value is -2.41. The Bertz CT molecular complexity index is 908. The van der Waals surface area contributed by atoms with Gasteiger partial charge in [-0.05, 0) is 38.0 Å². The molecule has 1 fully saturated rings. The van der Waals surface area contributed by atoms with Gasteiger partial charge in [0, 0.05) is 31.2 Å². The summed E-state index contributed by atoms with van der Waals surface area (Å²) >= 11 is 0. The first kappa shape index (κ1) is 19.4. The molecule has 0 bridgehead atoms. The van der Waals surface area contributed by atoms with Gasteiger partial charge < -0.3 is 20.2 Å². The smallest absolute Gasteiger partial charge is 0.316 e. The van der Waals surface area contributed by atoms with E-state index in [9.17, 15) is 14.4 Å². The summed E-state index contributed by atoms with van der Waals surface area (Å²) in [6, 6.07) is 5.56. The number of fused-ring (bicyclic) bond motifs is 1. The number of aryl methyl sites for hydroxylation is 1. The van der Waals surface area contributed by atoms with Crippen LogP contribution in [0.5, 0.6) is 0 Å². The van der Waals surface area contributed by atoms with Crippen molar-refractivity contribution in [3.8, 4) is 0 Å². The maximum Gasteiger partial charge on any atom is 0.316 e.